The molecule has 4 aromatic rings. The Bertz CT molecular complexity index is 982. The zero-order valence-electron chi connectivity index (χ0n) is 14.0. The molecule has 2 amide bonds. The van der Waals surface area contributed by atoms with Gasteiger partial charge in [0.15, 0.2) is 5.13 Å². The standard InChI is InChI=1S/C21H17N3OS/c25-20(22-17-11-5-2-6-12-17)24(15-16-9-3-1-4-10-16)21-23-18-13-7-8-14-19(18)26-21/h1-14H,15H2,(H,22,25). The minimum absolute atomic E-state index is 0.195. The summed E-state index contributed by atoms with van der Waals surface area (Å²) in [5.41, 5.74) is 2.71. The fourth-order valence-corrected chi connectivity index (χ4v) is 3.64. The normalized spacial score (nSPS) is 10.6. The van der Waals surface area contributed by atoms with Crippen LogP contribution in [0.15, 0.2) is 84.9 Å². The van der Waals surface area contributed by atoms with Crippen molar-refractivity contribution in [1.29, 1.82) is 0 Å². The number of urea groups is 1. The van der Waals surface area contributed by atoms with Crippen LogP contribution in [-0.4, -0.2) is 11.0 Å². The van der Waals surface area contributed by atoms with Crippen molar-refractivity contribution in [3.05, 3.63) is 90.5 Å². The van der Waals surface area contributed by atoms with Crippen molar-refractivity contribution in [2.45, 2.75) is 6.54 Å². The Kier molecular flexibility index (Phi) is 4.62. The lowest BCUT2D eigenvalue weighted by atomic mass is 10.2. The van der Waals surface area contributed by atoms with Gasteiger partial charge >= 0.3 is 6.03 Å². The second kappa shape index (κ2) is 7.37. The van der Waals surface area contributed by atoms with Crippen LogP contribution in [0.4, 0.5) is 15.6 Å². The lowest BCUT2D eigenvalue weighted by Gasteiger charge is -2.20. The first-order valence-electron chi connectivity index (χ1n) is 8.33. The maximum absolute atomic E-state index is 13.0. The average molecular weight is 359 g/mol. The van der Waals surface area contributed by atoms with Crippen LogP contribution in [0.5, 0.6) is 0 Å². The Balaban J connectivity index is 1.67. The predicted octanol–water partition coefficient (Wildman–Crippen LogP) is 5.54. The molecule has 5 heteroatoms. The molecule has 0 aliphatic carbocycles. The summed E-state index contributed by atoms with van der Waals surface area (Å²) in [6.07, 6.45) is 0. The summed E-state index contributed by atoms with van der Waals surface area (Å²) >= 11 is 1.52. The summed E-state index contributed by atoms with van der Waals surface area (Å²) in [6.45, 7) is 0.458. The molecule has 0 atom stereocenters. The largest absolute Gasteiger partial charge is 0.328 e. The number of carbonyl (C=O) groups is 1. The number of thiazole rings is 1. The fourth-order valence-electron chi connectivity index (χ4n) is 2.68. The molecule has 1 heterocycles. The molecule has 0 fully saturated rings. The number of carbonyl (C=O) groups excluding carboxylic acids is 1. The van der Waals surface area contributed by atoms with Gasteiger partial charge in [0.2, 0.25) is 0 Å². The van der Waals surface area contributed by atoms with Crippen LogP contribution in [0.2, 0.25) is 0 Å². The van der Waals surface area contributed by atoms with Crippen LogP contribution in [-0.2, 0) is 6.54 Å². The van der Waals surface area contributed by atoms with Gasteiger partial charge in [0.25, 0.3) is 0 Å². The molecule has 0 spiro atoms. The van der Waals surface area contributed by atoms with Gasteiger partial charge in [0.05, 0.1) is 16.8 Å². The summed E-state index contributed by atoms with van der Waals surface area (Å²) in [5, 5.41) is 3.64. The number of hydrogen-bond acceptors (Lipinski definition) is 3. The zero-order valence-corrected chi connectivity index (χ0v) is 14.8. The second-order valence-electron chi connectivity index (χ2n) is 5.83. The van der Waals surface area contributed by atoms with E-state index in [0.717, 1.165) is 21.5 Å². The van der Waals surface area contributed by atoms with Gasteiger partial charge in [-0.3, -0.25) is 4.90 Å². The van der Waals surface area contributed by atoms with Crippen molar-refractivity contribution in [2.24, 2.45) is 0 Å². The third-order valence-electron chi connectivity index (χ3n) is 3.97. The van der Waals surface area contributed by atoms with Gasteiger partial charge in [-0.15, -0.1) is 0 Å². The molecule has 1 aromatic heterocycles. The molecule has 0 saturated heterocycles. The van der Waals surface area contributed by atoms with Crippen molar-refractivity contribution in [3.63, 3.8) is 0 Å². The van der Waals surface area contributed by atoms with Gasteiger partial charge in [0, 0.05) is 5.69 Å². The Labute approximate surface area is 155 Å². The van der Waals surface area contributed by atoms with Crippen LogP contribution < -0.4 is 10.2 Å². The number of hydrogen-bond donors (Lipinski definition) is 1. The summed E-state index contributed by atoms with van der Waals surface area (Å²) in [6, 6.07) is 27.1. The van der Waals surface area contributed by atoms with Crippen LogP contribution in [0, 0.1) is 0 Å². The number of aromatic nitrogens is 1. The lowest BCUT2D eigenvalue weighted by Crippen LogP contribution is -2.34. The number of nitrogens with zero attached hydrogens (tertiary/aromatic N) is 2. The average Bonchev–Trinajstić information content (AvgIpc) is 3.11. The first-order valence-corrected chi connectivity index (χ1v) is 9.14. The van der Waals surface area contributed by atoms with Gasteiger partial charge < -0.3 is 5.32 Å². The van der Waals surface area contributed by atoms with Crippen LogP contribution in [0.1, 0.15) is 5.56 Å². The number of fused-ring (bicyclic) bond motifs is 1. The quantitative estimate of drug-likeness (QED) is 0.520. The maximum atomic E-state index is 13.0. The Morgan fingerprint density at radius 3 is 2.27 bits per heavy atom. The molecule has 0 aliphatic heterocycles. The second-order valence-corrected chi connectivity index (χ2v) is 6.84. The predicted molar refractivity (Wildman–Crippen MR) is 108 cm³/mol. The van der Waals surface area contributed by atoms with Crippen LogP contribution in [0.25, 0.3) is 10.2 Å². The Morgan fingerprint density at radius 2 is 1.54 bits per heavy atom. The number of amides is 2. The molecule has 26 heavy (non-hydrogen) atoms. The smallest absolute Gasteiger partial charge is 0.307 e. The molecule has 0 aliphatic rings. The molecular formula is C21H17N3OS. The highest BCUT2D eigenvalue weighted by molar-refractivity contribution is 7.22. The lowest BCUT2D eigenvalue weighted by molar-refractivity contribution is 0.256. The highest BCUT2D eigenvalue weighted by Gasteiger charge is 2.20. The molecule has 0 saturated carbocycles. The maximum Gasteiger partial charge on any atom is 0.328 e. The fraction of sp³-hybridized carbons (Fsp3) is 0.0476. The molecule has 128 valence electrons. The van der Waals surface area contributed by atoms with Gasteiger partial charge in [-0.2, -0.15) is 0 Å². The summed E-state index contributed by atoms with van der Waals surface area (Å²) < 4.78 is 1.06. The number of benzene rings is 3. The monoisotopic (exact) mass is 359 g/mol. The molecule has 4 rings (SSSR count). The van der Waals surface area contributed by atoms with Crippen molar-refractivity contribution < 1.29 is 4.79 Å². The van der Waals surface area contributed by atoms with Gasteiger partial charge in [-0.25, -0.2) is 9.78 Å². The van der Waals surface area contributed by atoms with E-state index in [4.69, 9.17) is 0 Å². The van der Waals surface area contributed by atoms with E-state index in [2.05, 4.69) is 10.3 Å². The minimum Gasteiger partial charge on any atom is -0.307 e. The first-order chi connectivity index (χ1) is 12.8. The Morgan fingerprint density at radius 1 is 0.885 bits per heavy atom. The number of rotatable bonds is 4. The van der Waals surface area contributed by atoms with Gasteiger partial charge in [0.1, 0.15) is 0 Å². The van der Waals surface area contributed by atoms with E-state index in [1.165, 1.54) is 11.3 Å². The molecule has 0 radical (unpaired) electrons. The van der Waals surface area contributed by atoms with Gasteiger partial charge in [-0.05, 0) is 29.8 Å². The summed E-state index contributed by atoms with van der Waals surface area (Å²) in [5.74, 6) is 0. The molecular weight excluding hydrogens is 342 g/mol. The SMILES string of the molecule is O=C(Nc1ccccc1)N(Cc1ccccc1)c1nc2ccccc2s1. The number of para-hydroxylation sites is 2. The van der Waals surface area contributed by atoms with Crippen molar-refractivity contribution in [2.75, 3.05) is 10.2 Å². The minimum atomic E-state index is -0.195. The van der Waals surface area contributed by atoms with E-state index in [1.54, 1.807) is 4.90 Å². The van der Waals surface area contributed by atoms with E-state index < -0.39 is 0 Å². The summed E-state index contributed by atoms with van der Waals surface area (Å²) in [4.78, 5) is 19.3. The van der Waals surface area contributed by atoms with Crippen LogP contribution in [0.3, 0.4) is 0 Å². The molecule has 0 unspecified atom stereocenters. The van der Waals surface area contributed by atoms with E-state index in [-0.39, 0.29) is 6.03 Å². The third-order valence-corrected chi connectivity index (χ3v) is 5.03. The third kappa shape index (κ3) is 3.58. The number of nitrogens with one attached hydrogen (secondary N) is 1. The summed E-state index contributed by atoms with van der Waals surface area (Å²) in [7, 11) is 0. The van der Waals surface area contributed by atoms with Crippen molar-refractivity contribution in [3.8, 4) is 0 Å². The molecule has 4 nitrogen and oxygen atoms in total. The molecule has 1 N–H and O–H groups in total. The van der Waals surface area contributed by atoms with E-state index in [1.807, 2.05) is 84.9 Å². The highest BCUT2D eigenvalue weighted by Crippen LogP contribution is 2.30. The zero-order chi connectivity index (χ0) is 17.8. The van der Waals surface area contributed by atoms with E-state index in [0.29, 0.717) is 11.7 Å². The van der Waals surface area contributed by atoms with E-state index in [9.17, 15) is 4.79 Å². The van der Waals surface area contributed by atoms with E-state index >= 15 is 0 Å². The topological polar surface area (TPSA) is 45.2 Å². The highest BCUT2D eigenvalue weighted by atomic mass is 32.1. The molecule has 0 bridgehead atoms. The first kappa shape index (κ1) is 16.3. The van der Waals surface area contributed by atoms with Crippen LogP contribution >= 0.6 is 11.3 Å². The van der Waals surface area contributed by atoms with Crippen molar-refractivity contribution >= 4 is 38.4 Å². The Hall–Kier alpha value is -3.18. The van der Waals surface area contributed by atoms with Crippen molar-refractivity contribution in [1.82, 2.24) is 4.98 Å². The molecule has 3 aromatic carbocycles. The van der Waals surface area contributed by atoms with Gasteiger partial charge in [-0.1, -0.05) is 72.0 Å². The number of anilines is 2.